The summed E-state index contributed by atoms with van der Waals surface area (Å²) in [7, 11) is 0. The number of piperidine rings is 1. The first-order chi connectivity index (χ1) is 10.0. The van der Waals surface area contributed by atoms with Gasteiger partial charge < -0.3 is 15.3 Å². The molecule has 0 aliphatic carbocycles. The number of carboxylic acid groups (broad SMARTS) is 1. The molecule has 1 aromatic carbocycles. The number of nitrogens with one attached hydrogen (secondary N) is 1. The Kier molecular flexibility index (Phi) is 5.44. The topological polar surface area (TPSA) is 69.6 Å². The molecule has 1 aliphatic rings. The summed E-state index contributed by atoms with van der Waals surface area (Å²) < 4.78 is 0. The van der Waals surface area contributed by atoms with Gasteiger partial charge in [0.05, 0.1) is 0 Å². The molecule has 0 unspecified atom stereocenters. The number of amides is 2. The number of halogens is 1. The Morgan fingerprint density at radius 2 is 1.86 bits per heavy atom. The molecule has 0 bridgehead atoms. The van der Waals surface area contributed by atoms with Crippen molar-refractivity contribution in [3.63, 3.8) is 0 Å². The van der Waals surface area contributed by atoms with E-state index in [9.17, 15) is 9.59 Å². The van der Waals surface area contributed by atoms with Crippen molar-refractivity contribution in [3.8, 4) is 0 Å². The molecule has 2 amide bonds. The SMILES string of the molecule is O=C(O)CC1CCN(C(=O)NCc2ccc(Cl)cc2)CC1. The number of carboxylic acids is 1. The lowest BCUT2D eigenvalue weighted by atomic mass is 9.94. The van der Waals surface area contributed by atoms with Gasteiger partial charge in [-0.1, -0.05) is 23.7 Å². The molecule has 6 heteroatoms. The standard InChI is InChI=1S/C15H19ClN2O3/c16-13-3-1-12(2-4-13)10-17-15(21)18-7-5-11(6-8-18)9-14(19)20/h1-4,11H,5-10H2,(H,17,21)(H,19,20). The van der Waals surface area contributed by atoms with E-state index in [2.05, 4.69) is 5.32 Å². The zero-order valence-corrected chi connectivity index (χ0v) is 12.5. The predicted octanol–water partition coefficient (Wildman–Crippen LogP) is 2.74. The Labute approximate surface area is 128 Å². The monoisotopic (exact) mass is 310 g/mol. The normalized spacial score (nSPS) is 15.8. The summed E-state index contributed by atoms with van der Waals surface area (Å²) in [4.78, 5) is 24.4. The number of urea groups is 1. The van der Waals surface area contributed by atoms with Crippen LogP contribution >= 0.6 is 11.6 Å². The molecule has 5 nitrogen and oxygen atoms in total. The van der Waals surface area contributed by atoms with E-state index in [4.69, 9.17) is 16.7 Å². The Balaban J connectivity index is 1.74. The van der Waals surface area contributed by atoms with Crippen LogP contribution in [0.15, 0.2) is 24.3 Å². The third-order valence-corrected chi connectivity index (χ3v) is 3.97. The van der Waals surface area contributed by atoms with Crippen LogP contribution in [0.5, 0.6) is 0 Å². The van der Waals surface area contributed by atoms with Crippen molar-refractivity contribution < 1.29 is 14.7 Å². The molecule has 1 heterocycles. The summed E-state index contributed by atoms with van der Waals surface area (Å²) in [6.45, 7) is 1.69. The lowest BCUT2D eigenvalue weighted by Crippen LogP contribution is -2.44. The van der Waals surface area contributed by atoms with Crippen molar-refractivity contribution in [1.82, 2.24) is 10.2 Å². The highest BCUT2D eigenvalue weighted by Gasteiger charge is 2.23. The smallest absolute Gasteiger partial charge is 0.317 e. The predicted molar refractivity (Wildman–Crippen MR) is 80.2 cm³/mol. The number of benzene rings is 1. The lowest BCUT2D eigenvalue weighted by Gasteiger charge is -2.31. The maximum Gasteiger partial charge on any atom is 0.317 e. The van der Waals surface area contributed by atoms with Crippen LogP contribution in [-0.2, 0) is 11.3 Å². The van der Waals surface area contributed by atoms with E-state index < -0.39 is 5.97 Å². The van der Waals surface area contributed by atoms with Crippen LogP contribution < -0.4 is 5.32 Å². The quantitative estimate of drug-likeness (QED) is 0.898. The summed E-state index contributed by atoms with van der Waals surface area (Å²) in [5.74, 6) is -0.580. The average molecular weight is 311 g/mol. The first kappa shape index (κ1) is 15.6. The second-order valence-electron chi connectivity index (χ2n) is 5.31. The minimum atomic E-state index is -0.763. The zero-order chi connectivity index (χ0) is 15.2. The van der Waals surface area contributed by atoms with Gasteiger partial charge in [-0.25, -0.2) is 4.79 Å². The Morgan fingerprint density at radius 3 is 2.43 bits per heavy atom. The second-order valence-corrected chi connectivity index (χ2v) is 5.75. The molecular weight excluding hydrogens is 292 g/mol. The summed E-state index contributed by atoms with van der Waals surface area (Å²) in [6.07, 6.45) is 1.70. The fourth-order valence-electron chi connectivity index (χ4n) is 2.48. The van der Waals surface area contributed by atoms with Gasteiger partial charge in [-0.2, -0.15) is 0 Å². The van der Waals surface area contributed by atoms with E-state index in [1.165, 1.54) is 0 Å². The molecule has 0 spiro atoms. The Bertz CT molecular complexity index is 496. The molecular formula is C15H19ClN2O3. The third kappa shape index (κ3) is 4.93. The van der Waals surface area contributed by atoms with Crippen molar-refractivity contribution >= 4 is 23.6 Å². The molecule has 21 heavy (non-hydrogen) atoms. The van der Waals surface area contributed by atoms with Gasteiger partial charge in [0, 0.05) is 31.1 Å². The molecule has 114 valence electrons. The minimum Gasteiger partial charge on any atom is -0.481 e. The average Bonchev–Trinajstić information content (AvgIpc) is 2.46. The fourth-order valence-corrected chi connectivity index (χ4v) is 2.60. The van der Waals surface area contributed by atoms with E-state index in [0.29, 0.717) is 24.7 Å². The van der Waals surface area contributed by atoms with E-state index in [0.717, 1.165) is 18.4 Å². The fraction of sp³-hybridized carbons (Fsp3) is 0.467. The van der Waals surface area contributed by atoms with Gasteiger partial charge in [-0.15, -0.1) is 0 Å². The molecule has 0 radical (unpaired) electrons. The molecule has 1 aromatic rings. The molecule has 2 rings (SSSR count). The van der Waals surface area contributed by atoms with Crippen molar-refractivity contribution in [2.75, 3.05) is 13.1 Å². The molecule has 2 N–H and O–H groups in total. The van der Waals surface area contributed by atoms with Crippen LogP contribution in [0.4, 0.5) is 4.79 Å². The highest BCUT2D eigenvalue weighted by molar-refractivity contribution is 6.30. The van der Waals surface area contributed by atoms with E-state index in [1.54, 1.807) is 17.0 Å². The summed E-state index contributed by atoms with van der Waals surface area (Å²) >= 11 is 5.81. The summed E-state index contributed by atoms with van der Waals surface area (Å²) in [5, 5.41) is 12.3. The van der Waals surface area contributed by atoms with E-state index in [-0.39, 0.29) is 18.4 Å². The van der Waals surface area contributed by atoms with Crippen molar-refractivity contribution in [3.05, 3.63) is 34.9 Å². The number of rotatable bonds is 4. The second kappa shape index (κ2) is 7.31. The van der Waals surface area contributed by atoms with Crippen molar-refractivity contribution in [2.24, 2.45) is 5.92 Å². The maximum atomic E-state index is 12.0. The van der Waals surface area contributed by atoms with Gasteiger partial charge in [0.2, 0.25) is 0 Å². The number of hydrogen-bond donors (Lipinski definition) is 2. The van der Waals surface area contributed by atoms with Crippen LogP contribution in [0.2, 0.25) is 5.02 Å². The van der Waals surface area contributed by atoms with Crippen molar-refractivity contribution in [2.45, 2.75) is 25.8 Å². The van der Waals surface area contributed by atoms with E-state index in [1.807, 2.05) is 12.1 Å². The number of likely N-dealkylation sites (tertiary alicyclic amines) is 1. The molecule has 0 aromatic heterocycles. The number of carbonyl (C=O) groups excluding carboxylic acids is 1. The molecule has 1 fully saturated rings. The van der Waals surface area contributed by atoms with Gasteiger partial charge in [-0.05, 0) is 36.5 Å². The molecule has 1 aliphatic heterocycles. The maximum absolute atomic E-state index is 12.0. The van der Waals surface area contributed by atoms with Gasteiger partial charge in [0.25, 0.3) is 0 Å². The van der Waals surface area contributed by atoms with Gasteiger partial charge >= 0.3 is 12.0 Å². The highest BCUT2D eigenvalue weighted by atomic mass is 35.5. The van der Waals surface area contributed by atoms with E-state index >= 15 is 0 Å². The summed E-state index contributed by atoms with van der Waals surface area (Å²) in [6, 6.07) is 7.24. The Morgan fingerprint density at radius 1 is 1.24 bits per heavy atom. The van der Waals surface area contributed by atoms with Gasteiger partial charge in [-0.3, -0.25) is 4.79 Å². The number of hydrogen-bond acceptors (Lipinski definition) is 2. The Hall–Kier alpha value is -1.75. The van der Waals surface area contributed by atoms with Crippen molar-refractivity contribution in [1.29, 1.82) is 0 Å². The minimum absolute atomic E-state index is 0.0984. The zero-order valence-electron chi connectivity index (χ0n) is 11.7. The van der Waals surface area contributed by atoms with Crippen LogP contribution in [0, 0.1) is 5.92 Å². The molecule has 1 saturated heterocycles. The molecule has 0 saturated carbocycles. The number of carbonyl (C=O) groups is 2. The van der Waals surface area contributed by atoms with Crippen LogP contribution in [-0.4, -0.2) is 35.1 Å². The number of nitrogens with zero attached hydrogens (tertiary/aromatic N) is 1. The van der Waals surface area contributed by atoms with Gasteiger partial charge in [0.15, 0.2) is 0 Å². The molecule has 0 atom stereocenters. The third-order valence-electron chi connectivity index (χ3n) is 3.72. The first-order valence-corrected chi connectivity index (χ1v) is 7.41. The van der Waals surface area contributed by atoms with Gasteiger partial charge in [0.1, 0.15) is 0 Å². The van der Waals surface area contributed by atoms with Crippen LogP contribution in [0.25, 0.3) is 0 Å². The lowest BCUT2D eigenvalue weighted by molar-refractivity contribution is -0.138. The first-order valence-electron chi connectivity index (χ1n) is 7.03. The largest absolute Gasteiger partial charge is 0.481 e. The number of aliphatic carboxylic acids is 1. The highest BCUT2D eigenvalue weighted by Crippen LogP contribution is 2.20. The summed E-state index contributed by atoms with van der Waals surface area (Å²) in [5.41, 5.74) is 0.994. The van der Waals surface area contributed by atoms with Crippen LogP contribution in [0.3, 0.4) is 0 Å². The van der Waals surface area contributed by atoms with Crippen LogP contribution in [0.1, 0.15) is 24.8 Å².